The molecule has 0 fully saturated rings. The monoisotopic (exact) mass is 506 g/mol. The zero-order valence-corrected chi connectivity index (χ0v) is 18.3. The first-order chi connectivity index (χ1) is 16.2. The lowest BCUT2D eigenvalue weighted by molar-refractivity contribution is 0.116. The highest BCUT2D eigenvalue weighted by atomic mass is 32.2. The lowest BCUT2D eigenvalue weighted by atomic mass is 9.97. The molecule has 1 atom stereocenters. The van der Waals surface area contributed by atoms with E-state index in [0.717, 1.165) is 6.26 Å². The summed E-state index contributed by atoms with van der Waals surface area (Å²) in [6.45, 7) is 0. The highest BCUT2D eigenvalue weighted by molar-refractivity contribution is 7.92. The summed E-state index contributed by atoms with van der Waals surface area (Å²) in [6.07, 6.45) is 0.740. The Morgan fingerprint density at radius 1 is 0.971 bits per heavy atom. The Hall–Kier alpha value is -4.00. The van der Waals surface area contributed by atoms with Crippen LogP contribution >= 0.6 is 0 Å². The Labute approximate surface area is 199 Å². The smallest absolute Gasteiger partial charge is 0.314 e. The number of para-hydroxylation sites is 1. The topological polar surface area (TPSA) is 123 Å². The average molecular weight is 507 g/mol. The number of alkyl halides is 2. The molecule has 2 heterocycles. The SMILES string of the molecule is C.CS(=O)(=O)Nc1ccccc1C(Nc1ncc(-c2nnc(C(F)F)o2)cn1)c1ccc(F)cc1. The largest absolute Gasteiger partial charge is 0.415 e. The number of nitrogens with one attached hydrogen (secondary N) is 2. The first-order valence-electron chi connectivity index (χ1n) is 9.72. The van der Waals surface area contributed by atoms with Gasteiger partial charge in [-0.25, -0.2) is 22.8 Å². The van der Waals surface area contributed by atoms with Crippen molar-refractivity contribution in [2.45, 2.75) is 19.9 Å². The molecule has 0 amide bonds. The molecule has 0 saturated carbocycles. The van der Waals surface area contributed by atoms with E-state index in [0.29, 0.717) is 16.8 Å². The molecule has 2 aromatic heterocycles. The van der Waals surface area contributed by atoms with Gasteiger partial charge in [0, 0.05) is 18.0 Å². The van der Waals surface area contributed by atoms with Crippen molar-refractivity contribution in [1.82, 2.24) is 20.2 Å². The Kier molecular flexibility index (Phi) is 7.69. The zero-order valence-electron chi connectivity index (χ0n) is 17.5. The van der Waals surface area contributed by atoms with Gasteiger partial charge in [-0.2, -0.15) is 8.78 Å². The van der Waals surface area contributed by atoms with Gasteiger partial charge >= 0.3 is 6.43 Å². The minimum absolute atomic E-state index is 0. The summed E-state index contributed by atoms with van der Waals surface area (Å²) < 4.78 is 70.0. The van der Waals surface area contributed by atoms with Crippen LogP contribution in [0.1, 0.15) is 36.9 Å². The van der Waals surface area contributed by atoms with Crippen LogP contribution < -0.4 is 10.0 Å². The molecule has 0 spiro atoms. The lowest BCUT2D eigenvalue weighted by Crippen LogP contribution is -2.18. The second kappa shape index (κ2) is 10.5. The summed E-state index contributed by atoms with van der Waals surface area (Å²) in [7, 11) is -3.58. The maximum absolute atomic E-state index is 13.5. The average Bonchev–Trinajstić information content (AvgIpc) is 3.29. The molecule has 4 rings (SSSR count). The maximum Gasteiger partial charge on any atom is 0.314 e. The van der Waals surface area contributed by atoms with Crippen molar-refractivity contribution >= 4 is 21.7 Å². The van der Waals surface area contributed by atoms with E-state index in [2.05, 4.69) is 30.2 Å². The van der Waals surface area contributed by atoms with Crippen LogP contribution in [-0.4, -0.2) is 34.8 Å². The fraction of sp³-hybridized carbons (Fsp3) is 0.182. The van der Waals surface area contributed by atoms with E-state index >= 15 is 0 Å². The molecule has 9 nitrogen and oxygen atoms in total. The van der Waals surface area contributed by atoms with Crippen molar-refractivity contribution in [3.05, 3.63) is 83.8 Å². The van der Waals surface area contributed by atoms with Crippen LogP contribution in [-0.2, 0) is 10.0 Å². The molecule has 0 aliphatic rings. The highest BCUT2D eigenvalue weighted by Crippen LogP contribution is 2.32. The van der Waals surface area contributed by atoms with Crippen LogP contribution in [0.5, 0.6) is 0 Å². The van der Waals surface area contributed by atoms with Crippen LogP contribution in [0.3, 0.4) is 0 Å². The van der Waals surface area contributed by atoms with Crippen LogP contribution in [0.15, 0.2) is 65.3 Å². The van der Waals surface area contributed by atoms with E-state index in [4.69, 9.17) is 4.42 Å². The summed E-state index contributed by atoms with van der Waals surface area (Å²) in [6, 6.07) is 11.6. The number of anilines is 2. The van der Waals surface area contributed by atoms with Crippen molar-refractivity contribution in [2.24, 2.45) is 0 Å². The molecule has 0 aliphatic carbocycles. The number of rotatable bonds is 8. The second-order valence-electron chi connectivity index (χ2n) is 7.13. The molecule has 2 N–H and O–H groups in total. The third-order valence-electron chi connectivity index (χ3n) is 4.57. The molecule has 1 unspecified atom stereocenters. The molecular weight excluding hydrogens is 485 g/mol. The number of hydrogen-bond acceptors (Lipinski definition) is 8. The first-order valence-corrected chi connectivity index (χ1v) is 11.6. The van der Waals surface area contributed by atoms with Crippen molar-refractivity contribution in [3.8, 4) is 11.5 Å². The Balaban J connectivity index is 0.00000342. The molecule has 184 valence electrons. The summed E-state index contributed by atoms with van der Waals surface area (Å²) in [5.41, 5.74) is 1.68. The van der Waals surface area contributed by atoms with Gasteiger partial charge in [0.1, 0.15) is 5.82 Å². The first kappa shape index (κ1) is 25.6. The van der Waals surface area contributed by atoms with Gasteiger partial charge in [0.2, 0.25) is 16.0 Å². The number of aromatic nitrogens is 4. The van der Waals surface area contributed by atoms with Crippen molar-refractivity contribution in [1.29, 1.82) is 0 Å². The Morgan fingerprint density at radius 3 is 2.23 bits per heavy atom. The molecule has 0 bridgehead atoms. The van der Waals surface area contributed by atoms with Gasteiger partial charge in [0.15, 0.2) is 0 Å². The van der Waals surface area contributed by atoms with Crippen LogP contribution in [0.25, 0.3) is 11.5 Å². The van der Waals surface area contributed by atoms with E-state index < -0.39 is 34.2 Å². The van der Waals surface area contributed by atoms with Gasteiger partial charge in [0.05, 0.1) is 23.5 Å². The number of sulfonamides is 1. The quantitative estimate of drug-likeness (QED) is 0.349. The molecule has 0 saturated heterocycles. The molecular formula is C22H21F3N6O3S. The normalized spacial score (nSPS) is 12.1. The number of hydrogen-bond donors (Lipinski definition) is 2. The number of nitrogens with zero attached hydrogens (tertiary/aromatic N) is 4. The third-order valence-corrected chi connectivity index (χ3v) is 5.16. The highest BCUT2D eigenvalue weighted by Gasteiger charge is 2.21. The summed E-state index contributed by atoms with van der Waals surface area (Å²) in [5.74, 6) is -1.29. The summed E-state index contributed by atoms with van der Waals surface area (Å²) in [4.78, 5) is 8.34. The van der Waals surface area contributed by atoms with Crippen molar-refractivity contribution in [3.63, 3.8) is 0 Å². The molecule has 13 heteroatoms. The Bertz CT molecular complexity index is 1380. The predicted molar refractivity (Wildman–Crippen MR) is 124 cm³/mol. The molecule has 4 aromatic rings. The summed E-state index contributed by atoms with van der Waals surface area (Å²) in [5, 5.41) is 9.91. The van der Waals surface area contributed by atoms with Crippen molar-refractivity contribution in [2.75, 3.05) is 16.3 Å². The second-order valence-corrected chi connectivity index (χ2v) is 8.88. The fourth-order valence-corrected chi connectivity index (χ4v) is 3.70. The van der Waals surface area contributed by atoms with Gasteiger partial charge < -0.3 is 9.73 Å². The number of halogens is 3. The van der Waals surface area contributed by atoms with E-state index in [1.807, 2.05) is 0 Å². The lowest BCUT2D eigenvalue weighted by Gasteiger charge is -2.22. The minimum Gasteiger partial charge on any atom is -0.415 e. The van der Waals surface area contributed by atoms with Gasteiger partial charge in [-0.1, -0.05) is 37.8 Å². The minimum atomic E-state index is -3.58. The molecule has 35 heavy (non-hydrogen) atoms. The Morgan fingerprint density at radius 2 is 1.63 bits per heavy atom. The van der Waals surface area contributed by atoms with Gasteiger partial charge in [0.25, 0.3) is 11.8 Å². The molecule has 2 aromatic carbocycles. The summed E-state index contributed by atoms with van der Waals surface area (Å²) >= 11 is 0. The van der Waals surface area contributed by atoms with Gasteiger partial charge in [-0.05, 0) is 23.8 Å². The van der Waals surface area contributed by atoms with E-state index in [1.54, 1.807) is 36.4 Å². The van der Waals surface area contributed by atoms with Crippen LogP contribution in [0.2, 0.25) is 0 Å². The molecule has 0 radical (unpaired) electrons. The third kappa shape index (κ3) is 6.32. The van der Waals surface area contributed by atoms with Gasteiger partial charge in [-0.15, -0.1) is 10.2 Å². The fourth-order valence-electron chi connectivity index (χ4n) is 3.12. The van der Waals surface area contributed by atoms with Gasteiger partial charge in [-0.3, -0.25) is 4.72 Å². The van der Waals surface area contributed by atoms with Crippen LogP contribution in [0, 0.1) is 5.82 Å². The van der Waals surface area contributed by atoms with Crippen molar-refractivity contribution < 1.29 is 26.0 Å². The van der Waals surface area contributed by atoms with E-state index in [9.17, 15) is 21.6 Å². The predicted octanol–water partition coefficient (Wildman–Crippen LogP) is 4.81. The maximum atomic E-state index is 13.5. The van der Waals surface area contributed by atoms with E-state index in [1.165, 1.54) is 24.5 Å². The molecule has 0 aliphatic heterocycles. The van der Waals surface area contributed by atoms with E-state index in [-0.39, 0.29) is 24.8 Å². The number of benzene rings is 2. The standard InChI is InChI=1S/C21H17F3N6O3S.CH4/c1-34(31,32)30-16-5-3-2-4-15(16)17(12-6-8-14(22)9-7-12)27-21-25-10-13(11-26-21)19-28-29-20(33-19)18(23)24;/h2-11,17-18,30H,1H3,(H,25,26,27);1H4. The van der Waals surface area contributed by atoms with Crippen LogP contribution in [0.4, 0.5) is 24.8 Å². The zero-order chi connectivity index (χ0) is 24.3.